The molecule has 202 valence electrons. The zero-order chi connectivity index (χ0) is 26.8. The Morgan fingerprint density at radius 3 is 2.49 bits per heavy atom. The Bertz CT molecular complexity index is 977. The number of aliphatic carboxylic acids is 1. The van der Waals surface area contributed by atoms with Crippen molar-refractivity contribution in [1.82, 2.24) is 20.9 Å². The predicted molar refractivity (Wildman–Crippen MR) is 137 cm³/mol. The molecule has 2 fully saturated rings. The van der Waals surface area contributed by atoms with Crippen molar-refractivity contribution in [3.8, 4) is 0 Å². The van der Waals surface area contributed by atoms with E-state index in [4.69, 9.17) is 11.5 Å². The van der Waals surface area contributed by atoms with Gasteiger partial charge < -0.3 is 37.4 Å². The quantitative estimate of drug-likeness (QED) is 0.117. The summed E-state index contributed by atoms with van der Waals surface area (Å²) in [6, 6.07) is 5.80. The first-order valence-electron chi connectivity index (χ1n) is 12.7. The lowest BCUT2D eigenvalue weighted by atomic mass is 10.0. The van der Waals surface area contributed by atoms with Crippen molar-refractivity contribution < 1.29 is 24.3 Å². The van der Waals surface area contributed by atoms with E-state index in [0.717, 1.165) is 24.9 Å². The zero-order valence-electron chi connectivity index (χ0n) is 20.9. The first-order valence-corrected chi connectivity index (χ1v) is 12.7. The van der Waals surface area contributed by atoms with Gasteiger partial charge in [0.15, 0.2) is 5.96 Å². The minimum absolute atomic E-state index is 0.0838. The van der Waals surface area contributed by atoms with Gasteiger partial charge >= 0.3 is 5.97 Å². The second-order valence-corrected chi connectivity index (χ2v) is 9.44. The molecular formula is C25H37N7O5. The van der Waals surface area contributed by atoms with Crippen molar-refractivity contribution in [2.24, 2.45) is 16.5 Å². The molecule has 4 unspecified atom stereocenters. The van der Waals surface area contributed by atoms with Crippen LogP contribution in [0.1, 0.15) is 44.1 Å². The molecule has 3 amide bonds. The number of aliphatic imine (C=N–C) groups is 1. The van der Waals surface area contributed by atoms with Crippen LogP contribution in [0.15, 0.2) is 35.3 Å². The van der Waals surface area contributed by atoms with Crippen LogP contribution < -0.4 is 27.4 Å². The predicted octanol–water partition coefficient (Wildman–Crippen LogP) is -0.920. The van der Waals surface area contributed by atoms with Crippen LogP contribution in [0, 0.1) is 0 Å². The fraction of sp³-hybridized carbons (Fsp3) is 0.560. The first kappa shape index (κ1) is 27.9. The average Bonchev–Trinajstić information content (AvgIpc) is 3.58. The number of nitrogens with one attached hydrogen (secondary N) is 3. The minimum atomic E-state index is -1.18. The Morgan fingerprint density at radius 1 is 1.08 bits per heavy atom. The largest absolute Gasteiger partial charge is 0.480 e. The van der Waals surface area contributed by atoms with E-state index in [0.29, 0.717) is 25.8 Å². The molecule has 8 N–H and O–H groups in total. The van der Waals surface area contributed by atoms with Crippen LogP contribution in [0.4, 0.5) is 0 Å². The Kier molecular flexibility index (Phi) is 10.2. The van der Waals surface area contributed by atoms with Gasteiger partial charge in [-0.2, -0.15) is 0 Å². The van der Waals surface area contributed by atoms with Gasteiger partial charge in [-0.15, -0.1) is 0 Å². The molecule has 2 saturated heterocycles. The summed E-state index contributed by atoms with van der Waals surface area (Å²) in [5, 5.41) is 18.2. The van der Waals surface area contributed by atoms with E-state index in [2.05, 4.69) is 20.9 Å². The molecule has 3 rings (SSSR count). The Labute approximate surface area is 216 Å². The summed E-state index contributed by atoms with van der Waals surface area (Å²) in [6.45, 7) is 1.50. The van der Waals surface area contributed by atoms with Crippen LogP contribution in [0.2, 0.25) is 0 Å². The van der Waals surface area contributed by atoms with Gasteiger partial charge in [0.05, 0.1) is 6.04 Å². The fourth-order valence-corrected chi connectivity index (χ4v) is 4.76. The van der Waals surface area contributed by atoms with E-state index in [1.54, 1.807) is 29.2 Å². The lowest BCUT2D eigenvalue weighted by molar-refractivity contribution is -0.143. The van der Waals surface area contributed by atoms with Crippen molar-refractivity contribution in [3.63, 3.8) is 0 Å². The van der Waals surface area contributed by atoms with Gasteiger partial charge in [-0.3, -0.25) is 19.4 Å². The second-order valence-electron chi connectivity index (χ2n) is 9.44. The van der Waals surface area contributed by atoms with Gasteiger partial charge in [-0.1, -0.05) is 30.3 Å². The molecule has 12 nitrogen and oxygen atoms in total. The molecule has 0 aliphatic carbocycles. The monoisotopic (exact) mass is 515 g/mol. The molecule has 2 heterocycles. The van der Waals surface area contributed by atoms with E-state index in [1.165, 1.54) is 0 Å². The Balaban J connectivity index is 1.68. The first-order chi connectivity index (χ1) is 17.8. The molecular weight excluding hydrogens is 478 g/mol. The summed E-state index contributed by atoms with van der Waals surface area (Å²) in [5.74, 6) is -2.41. The molecule has 0 aromatic heterocycles. The van der Waals surface area contributed by atoms with Crippen molar-refractivity contribution >= 4 is 29.7 Å². The van der Waals surface area contributed by atoms with E-state index >= 15 is 0 Å². The smallest absolute Gasteiger partial charge is 0.326 e. The number of nitrogens with zero attached hydrogens (tertiary/aromatic N) is 2. The van der Waals surface area contributed by atoms with Gasteiger partial charge in [0.1, 0.15) is 18.1 Å². The Morgan fingerprint density at radius 2 is 1.84 bits per heavy atom. The van der Waals surface area contributed by atoms with Crippen LogP contribution in [0.25, 0.3) is 0 Å². The summed E-state index contributed by atoms with van der Waals surface area (Å²) in [5.41, 5.74) is 11.5. The summed E-state index contributed by atoms with van der Waals surface area (Å²) in [7, 11) is 0. The Hall–Kier alpha value is -3.67. The summed E-state index contributed by atoms with van der Waals surface area (Å²) < 4.78 is 0. The third kappa shape index (κ3) is 8.17. The van der Waals surface area contributed by atoms with Gasteiger partial charge in [0, 0.05) is 19.5 Å². The van der Waals surface area contributed by atoms with Crippen LogP contribution in [0.3, 0.4) is 0 Å². The number of carbonyl (C=O) groups is 4. The number of carbonyl (C=O) groups excluding carboxylic acids is 3. The van der Waals surface area contributed by atoms with Gasteiger partial charge in [-0.05, 0) is 50.6 Å². The van der Waals surface area contributed by atoms with Crippen molar-refractivity contribution in [1.29, 1.82) is 0 Å². The standard InChI is InChI=1S/C25H37N7O5/c26-25(27)29-13-4-9-17(21(33)31-19(24(36)37)15-16-7-2-1-3-8-16)30-22(34)20-11-6-14-32(20)23(35)18-10-5-12-28-18/h1-3,7-8,17-20,28H,4-6,9-15H2,(H,30,34)(H,31,33)(H,36,37)(H4,26,27,29). The molecule has 12 heteroatoms. The number of rotatable bonds is 12. The molecule has 1 aromatic rings. The minimum Gasteiger partial charge on any atom is -0.480 e. The molecule has 0 bridgehead atoms. The molecule has 0 saturated carbocycles. The van der Waals surface area contributed by atoms with E-state index in [1.807, 2.05) is 6.07 Å². The number of hydrogen-bond acceptors (Lipinski definition) is 6. The van der Waals surface area contributed by atoms with Crippen LogP contribution >= 0.6 is 0 Å². The highest BCUT2D eigenvalue weighted by Crippen LogP contribution is 2.21. The molecule has 0 radical (unpaired) electrons. The second kappa shape index (κ2) is 13.6. The molecule has 2 aliphatic rings. The molecule has 1 aromatic carbocycles. The highest BCUT2D eigenvalue weighted by molar-refractivity contribution is 5.94. The lowest BCUT2D eigenvalue weighted by Gasteiger charge is -2.28. The van der Waals surface area contributed by atoms with Crippen molar-refractivity contribution in [2.75, 3.05) is 19.6 Å². The number of nitrogens with two attached hydrogens (primary N) is 2. The molecule has 4 atom stereocenters. The highest BCUT2D eigenvalue weighted by atomic mass is 16.4. The lowest BCUT2D eigenvalue weighted by Crippen LogP contribution is -2.56. The van der Waals surface area contributed by atoms with Gasteiger partial charge in [0.25, 0.3) is 0 Å². The molecule has 0 spiro atoms. The number of hydrogen-bond donors (Lipinski definition) is 6. The number of amides is 3. The topological polar surface area (TPSA) is 192 Å². The van der Waals surface area contributed by atoms with Crippen molar-refractivity contribution in [2.45, 2.75) is 69.1 Å². The van der Waals surface area contributed by atoms with E-state index in [-0.39, 0.29) is 37.3 Å². The van der Waals surface area contributed by atoms with E-state index in [9.17, 15) is 24.3 Å². The number of benzene rings is 1. The van der Waals surface area contributed by atoms with Crippen LogP contribution in [0.5, 0.6) is 0 Å². The van der Waals surface area contributed by atoms with Crippen molar-refractivity contribution in [3.05, 3.63) is 35.9 Å². The van der Waals surface area contributed by atoms with Crippen LogP contribution in [-0.2, 0) is 25.6 Å². The fourth-order valence-electron chi connectivity index (χ4n) is 4.76. The van der Waals surface area contributed by atoms with Gasteiger partial charge in [0.2, 0.25) is 17.7 Å². The maximum absolute atomic E-state index is 13.3. The van der Waals surface area contributed by atoms with E-state index < -0.39 is 35.9 Å². The summed E-state index contributed by atoms with van der Waals surface area (Å²) in [6.07, 6.45) is 3.50. The zero-order valence-corrected chi connectivity index (χ0v) is 20.9. The number of carboxylic acid groups (broad SMARTS) is 1. The molecule has 2 aliphatic heterocycles. The third-order valence-corrected chi connectivity index (χ3v) is 6.67. The SMILES string of the molecule is NC(N)=NCCCC(NC(=O)C1CCCN1C(=O)C1CCCN1)C(=O)NC(Cc1ccccc1)C(=O)O. The third-order valence-electron chi connectivity index (χ3n) is 6.67. The maximum Gasteiger partial charge on any atom is 0.326 e. The average molecular weight is 516 g/mol. The molecule has 37 heavy (non-hydrogen) atoms. The number of likely N-dealkylation sites (tertiary alicyclic amines) is 1. The number of guanidine groups is 1. The van der Waals surface area contributed by atoms with Gasteiger partial charge in [-0.25, -0.2) is 4.79 Å². The summed E-state index contributed by atoms with van der Waals surface area (Å²) in [4.78, 5) is 56.8. The summed E-state index contributed by atoms with van der Waals surface area (Å²) >= 11 is 0. The van der Waals surface area contributed by atoms with Crippen LogP contribution in [-0.4, -0.2) is 83.5 Å². The number of carboxylic acids is 1. The maximum atomic E-state index is 13.3. The normalized spacial score (nSPS) is 20.6. The highest BCUT2D eigenvalue weighted by Gasteiger charge is 2.39.